The lowest BCUT2D eigenvalue weighted by atomic mass is 9.92. The molecule has 6 nitrogen and oxygen atoms in total. The van der Waals surface area contributed by atoms with Crippen molar-refractivity contribution in [2.24, 2.45) is 0 Å². The Morgan fingerprint density at radius 1 is 1.32 bits per heavy atom. The van der Waals surface area contributed by atoms with Crippen molar-refractivity contribution >= 4 is 39.3 Å². The highest BCUT2D eigenvalue weighted by Gasteiger charge is 2.43. The van der Waals surface area contributed by atoms with E-state index >= 15 is 0 Å². The summed E-state index contributed by atoms with van der Waals surface area (Å²) in [6.45, 7) is 6.94. The first-order chi connectivity index (χ1) is 13.3. The average Bonchev–Trinajstić information content (AvgIpc) is 3.23. The van der Waals surface area contributed by atoms with E-state index in [1.54, 1.807) is 0 Å². The first-order valence-electron chi connectivity index (χ1n) is 9.79. The molecule has 1 N–H and O–H groups in total. The third-order valence-electron chi connectivity index (χ3n) is 5.60. The van der Waals surface area contributed by atoms with Gasteiger partial charge in [-0.25, -0.2) is 4.79 Å². The maximum absolute atomic E-state index is 12.8. The summed E-state index contributed by atoms with van der Waals surface area (Å²) in [6.07, 6.45) is 3.19. The van der Waals surface area contributed by atoms with E-state index in [2.05, 4.69) is 33.0 Å². The summed E-state index contributed by atoms with van der Waals surface area (Å²) in [7, 11) is 0. The molecule has 4 rings (SSSR count). The van der Waals surface area contributed by atoms with E-state index in [-0.39, 0.29) is 18.2 Å². The molecule has 0 saturated carbocycles. The molecule has 2 aliphatic heterocycles. The van der Waals surface area contributed by atoms with Crippen molar-refractivity contribution < 1.29 is 14.3 Å². The maximum Gasteiger partial charge on any atom is 0.410 e. The largest absolute Gasteiger partial charge is 0.444 e. The molecule has 2 amide bonds. The van der Waals surface area contributed by atoms with Gasteiger partial charge in [0.1, 0.15) is 5.60 Å². The Morgan fingerprint density at radius 2 is 2.11 bits per heavy atom. The molecule has 1 saturated heterocycles. The normalized spacial score (nSPS) is 22.4. The molecular weight excluding hydrogens is 422 g/mol. The van der Waals surface area contributed by atoms with Gasteiger partial charge in [0.05, 0.1) is 12.1 Å². The number of nitrogens with one attached hydrogen (secondary N) is 1. The molecule has 2 aliphatic rings. The third kappa shape index (κ3) is 3.41. The van der Waals surface area contributed by atoms with E-state index in [1.165, 1.54) is 10.9 Å². The van der Waals surface area contributed by atoms with Gasteiger partial charge in [-0.2, -0.15) is 0 Å². The van der Waals surface area contributed by atoms with Gasteiger partial charge in [0.2, 0.25) is 6.41 Å². The van der Waals surface area contributed by atoms with Crippen molar-refractivity contribution in [1.29, 1.82) is 0 Å². The summed E-state index contributed by atoms with van der Waals surface area (Å²) in [5.74, 6) is 0. The Bertz CT molecular complexity index is 917. The minimum atomic E-state index is -0.542. The fraction of sp³-hybridized carbons (Fsp3) is 0.524. The number of nitrogens with zero attached hydrogens (tertiary/aromatic N) is 2. The number of likely N-dealkylation sites (tertiary alicyclic amines) is 1. The van der Waals surface area contributed by atoms with Crippen LogP contribution in [0, 0.1) is 0 Å². The molecule has 7 heteroatoms. The molecule has 0 aliphatic carbocycles. The Balaban J connectivity index is 1.74. The number of aromatic nitrogens is 1. The number of halogens is 1. The van der Waals surface area contributed by atoms with Crippen LogP contribution in [0.15, 0.2) is 22.7 Å². The Morgan fingerprint density at radius 3 is 2.82 bits per heavy atom. The smallest absolute Gasteiger partial charge is 0.410 e. The monoisotopic (exact) mass is 447 g/mol. The predicted octanol–water partition coefficient (Wildman–Crippen LogP) is 4.39. The highest BCUT2D eigenvalue weighted by molar-refractivity contribution is 9.10. The SMILES string of the molecule is CC(C)(C)OC(=O)N1CCC[C@H]1C1c2[nH]c3ccc(Br)cc3c2CCN1C=O. The van der Waals surface area contributed by atoms with Crippen LogP contribution in [-0.2, 0) is 16.0 Å². The molecule has 3 heterocycles. The summed E-state index contributed by atoms with van der Waals surface area (Å²) in [4.78, 5) is 31.9. The topological polar surface area (TPSA) is 65.6 Å². The number of rotatable bonds is 2. The van der Waals surface area contributed by atoms with Crippen LogP contribution in [0.3, 0.4) is 0 Å². The highest BCUT2D eigenvalue weighted by Crippen LogP contribution is 2.41. The number of amides is 2. The van der Waals surface area contributed by atoms with E-state index in [4.69, 9.17) is 4.74 Å². The fourth-order valence-corrected chi connectivity index (χ4v) is 4.87. The zero-order chi connectivity index (χ0) is 20.1. The van der Waals surface area contributed by atoms with Crippen LogP contribution in [0.1, 0.15) is 50.9 Å². The first-order valence-corrected chi connectivity index (χ1v) is 10.6. The molecule has 28 heavy (non-hydrogen) atoms. The second-order valence-electron chi connectivity index (χ2n) is 8.63. The predicted molar refractivity (Wildman–Crippen MR) is 111 cm³/mol. The van der Waals surface area contributed by atoms with Crippen molar-refractivity contribution in [2.75, 3.05) is 13.1 Å². The summed E-state index contributed by atoms with van der Waals surface area (Å²) in [5.41, 5.74) is 2.81. The number of H-pyrrole nitrogens is 1. The molecule has 1 aromatic heterocycles. The second-order valence-corrected chi connectivity index (χ2v) is 9.54. The first kappa shape index (κ1) is 19.3. The molecule has 2 aromatic rings. The van der Waals surface area contributed by atoms with Gasteiger partial charge in [-0.1, -0.05) is 15.9 Å². The number of carbonyl (C=O) groups is 2. The number of benzene rings is 1. The van der Waals surface area contributed by atoms with E-state index in [0.717, 1.165) is 41.4 Å². The minimum Gasteiger partial charge on any atom is -0.444 e. The number of ether oxygens (including phenoxy) is 1. The Labute approximate surface area is 173 Å². The minimum absolute atomic E-state index is 0.0874. The van der Waals surface area contributed by atoms with E-state index < -0.39 is 5.60 Å². The number of aromatic amines is 1. The van der Waals surface area contributed by atoms with Crippen LogP contribution in [0.25, 0.3) is 10.9 Å². The lowest BCUT2D eigenvalue weighted by molar-refractivity contribution is -0.122. The third-order valence-corrected chi connectivity index (χ3v) is 6.09. The van der Waals surface area contributed by atoms with Gasteiger partial charge < -0.3 is 19.5 Å². The summed E-state index contributed by atoms with van der Waals surface area (Å²) >= 11 is 3.56. The quantitative estimate of drug-likeness (QED) is 0.694. The number of hydrogen-bond acceptors (Lipinski definition) is 3. The van der Waals surface area contributed by atoms with Gasteiger partial charge in [0.25, 0.3) is 0 Å². The zero-order valence-electron chi connectivity index (χ0n) is 16.5. The molecule has 1 fully saturated rings. The van der Waals surface area contributed by atoms with Gasteiger partial charge in [-0.3, -0.25) is 4.79 Å². The van der Waals surface area contributed by atoms with Crippen LogP contribution < -0.4 is 0 Å². The van der Waals surface area contributed by atoms with Gasteiger partial charge in [-0.05, 0) is 63.8 Å². The van der Waals surface area contributed by atoms with Gasteiger partial charge >= 0.3 is 6.09 Å². The molecule has 0 spiro atoms. The molecule has 1 aromatic carbocycles. The molecule has 150 valence electrons. The molecular formula is C21H26BrN3O3. The van der Waals surface area contributed by atoms with Crippen molar-refractivity contribution in [3.05, 3.63) is 33.9 Å². The number of carbonyl (C=O) groups excluding carboxylic acids is 2. The van der Waals surface area contributed by atoms with Gasteiger partial charge in [0.15, 0.2) is 0 Å². The Kier molecular flexibility index (Phi) is 4.89. The lowest BCUT2D eigenvalue weighted by Gasteiger charge is -2.40. The van der Waals surface area contributed by atoms with Crippen LogP contribution >= 0.6 is 15.9 Å². The van der Waals surface area contributed by atoms with Gasteiger partial charge in [-0.15, -0.1) is 0 Å². The highest BCUT2D eigenvalue weighted by atomic mass is 79.9. The van der Waals surface area contributed by atoms with Crippen LogP contribution in [-0.4, -0.2) is 52.0 Å². The van der Waals surface area contributed by atoms with Crippen LogP contribution in [0.5, 0.6) is 0 Å². The van der Waals surface area contributed by atoms with E-state index in [0.29, 0.717) is 13.1 Å². The molecule has 2 atom stereocenters. The number of fused-ring (bicyclic) bond motifs is 3. The number of hydrogen-bond donors (Lipinski definition) is 1. The van der Waals surface area contributed by atoms with Crippen molar-refractivity contribution in [3.63, 3.8) is 0 Å². The van der Waals surface area contributed by atoms with E-state index in [1.807, 2.05) is 36.6 Å². The zero-order valence-corrected chi connectivity index (χ0v) is 18.1. The molecule has 1 unspecified atom stereocenters. The maximum atomic E-state index is 12.8. The van der Waals surface area contributed by atoms with Gasteiger partial charge in [0, 0.05) is 34.2 Å². The summed E-state index contributed by atoms with van der Waals surface area (Å²) in [5, 5.41) is 1.18. The Hall–Kier alpha value is -2.02. The average molecular weight is 448 g/mol. The van der Waals surface area contributed by atoms with Crippen molar-refractivity contribution in [1.82, 2.24) is 14.8 Å². The van der Waals surface area contributed by atoms with Crippen LogP contribution in [0.2, 0.25) is 0 Å². The lowest BCUT2D eigenvalue weighted by Crippen LogP contribution is -2.49. The van der Waals surface area contributed by atoms with Crippen molar-refractivity contribution in [2.45, 2.75) is 57.7 Å². The standard InChI is InChI=1S/C21H26BrN3O3/c1-21(2,3)28-20(27)25-9-4-5-17(25)19-18-14(8-10-24(19)12-26)15-11-13(22)6-7-16(15)23-18/h6-7,11-12,17,19,23H,4-5,8-10H2,1-3H3/t17-,19?/m0/s1. The fourth-order valence-electron chi connectivity index (χ4n) is 4.51. The summed E-state index contributed by atoms with van der Waals surface area (Å²) < 4.78 is 6.67. The van der Waals surface area contributed by atoms with Crippen molar-refractivity contribution in [3.8, 4) is 0 Å². The molecule has 0 bridgehead atoms. The molecule has 0 radical (unpaired) electrons. The summed E-state index contributed by atoms with van der Waals surface area (Å²) in [6, 6.07) is 5.93. The van der Waals surface area contributed by atoms with E-state index in [9.17, 15) is 9.59 Å². The second kappa shape index (κ2) is 7.10. The van der Waals surface area contributed by atoms with Crippen LogP contribution in [0.4, 0.5) is 4.79 Å².